The number of ether oxygens (including phenoxy) is 4. The molecular formula is C25H25F5N2O5. The minimum Gasteiger partial charge on any atom is -0.487 e. The molecule has 3 aromatic rings. The van der Waals surface area contributed by atoms with Crippen molar-refractivity contribution in [2.75, 3.05) is 6.61 Å². The molecule has 1 heterocycles. The lowest BCUT2D eigenvalue weighted by molar-refractivity contribution is -0.274. The van der Waals surface area contributed by atoms with E-state index < -0.39 is 30.2 Å². The number of aryl methyl sites for hydroxylation is 1. The highest BCUT2D eigenvalue weighted by molar-refractivity contribution is 5.79. The van der Waals surface area contributed by atoms with Crippen LogP contribution < -0.4 is 14.2 Å². The Balaban J connectivity index is 1.72. The summed E-state index contributed by atoms with van der Waals surface area (Å²) in [5.74, 6) is -0.146. The molecule has 7 nitrogen and oxygen atoms in total. The van der Waals surface area contributed by atoms with Crippen molar-refractivity contribution in [1.29, 1.82) is 0 Å². The molecule has 0 atom stereocenters. The first kappa shape index (κ1) is 27.8. The van der Waals surface area contributed by atoms with E-state index in [9.17, 15) is 26.7 Å². The number of rotatable bonds is 10. The average molecular weight is 528 g/mol. The molecule has 0 spiro atoms. The predicted molar refractivity (Wildman–Crippen MR) is 122 cm³/mol. The van der Waals surface area contributed by atoms with Gasteiger partial charge in [-0.3, -0.25) is 0 Å². The molecular weight excluding hydrogens is 503 g/mol. The summed E-state index contributed by atoms with van der Waals surface area (Å²) in [6.45, 7) is 3.69. The van der Waals surface area contributed by atoms with E-state index >= 15 is 0 Å². The number of nitrogens with zero attached hydrogens (tertiary/aromatic N) is 2. The molecule has 0 aliphatic heterocycles. The van der Waals surface area contributed by atoms with Gasteiger partial charge in [0.05, 0.1) is 12.3 Å². The monoisotopic (exact) mass is 528 g/mol. The number of carbonyl (C=O) groups is 1. The number of hydrogen-bond acceptors (Lipinski definition) is 6. The fourth-order valence-corrected chi connectivity index (χ4v) is 3.31. The molecule has 12 heteroatoms. The largest absolute Gasteiger partial charge is 0.573 e. The van der Waals surface area contributed by atoms with Gasteiger partial charge in [-0.15, -0.1) is 13.2 Å². The maximum atomic E-state index is 13.6. The SMILES string of the molecule is CCOC(=O)C(C)(C)Oc1ccc(OCc2cc(-c3ccc(OC(F)(F)F)cc3)n(C(F)F)n2)cc1C. The van der Waals surface area contributed by atoms with E-state index in [1.807, 2.05) is 0 Å². The van der Waals surface area contributed by atoms with E-state index in [1.165, 1.54) is 18.2 Å². The van der Waals surface area contributed by atoms with Crippen LogP contribution in [0.5, 0.6) is 17.2 Å². The quantitative estimate of drug-likeness (QED) is 0.222. The molecule has 2 aromatic carbocycles. The van der Waals surface area contributed by atoms with Gasteiger partial charge >= 0.3 is 18.9 Å². The molecule has 0 N–H and O–H groups in total. The Bertz CT molecular complexity index is 1220. The summed E-state index contributed by atoms with van der Waals surface area (Å²) in [6, 6.07) is 10.7. The van der Waals surface area contributed by atoms with Gasteiger partial charge in [-0.1, -0.05) is 0 Å². The number of hydrogen-bond donors (Lipinski definition) is 0. The Kier molecular flexibility index (Phi) is 8.29. The predicted octanol–water partition coefficient (Wildman–Crippen LogP) is 6.45. The highest BCUT2D eigenvalue weighted by Gasteiger charge is 2.32. The van der Waals surface area contributed by atoms with Crippen LogP contribution in [0, 0.1) is 6.92 Å². The third kappa shape index (κ3) is 7.34. The molecule has 0 unspecified atom stereocenters. The second-order valence-electron chi connectivity index (χ2n) is 8.36. The molecule has 0 saturated heterocycles. The van der Waals surface area contributed by atoms with Crippen LogP contribution in [-0.2, 0) is 16.1 Å². The Morgan fingerprint density at radius 2 is 1.65 bits per heavy atom. The maximum Gasteiger partial charge on any atom is 0.573 e. The van der Waals surface area contributed by atoms with Crippen molar-refractivity contribution in [2.24, 2.45) is 0 Å². The van der Waals surface area contributed by atoms with E-state index in [2.05, 4.69) is 9.84 Å². The van der Waals surface area contributed by atoms with Crippen molar-refractivity contribution in [3.8, 4) is 28.5 Å². The van der Waals surface area contributed by atoms with Gasteiger partial charge in [-0.25, -0.2) is 9.48 Å². The minimum atomic E-state index is -4.86. The molecule has 0 aliphatic carbocycles. The molecule has 0 aliphatic rings. The molecule has 1 aromatic heterocycles. The van der Waals surface area contributed by atoms with E-state index in [-0.39, 0.29) is 30.2 Å². The maximum absolute atomic E-state index is 13.6. The second-order valence-corrected chi connectivity index (χ2v) is 8.36. The number of esters is 1. The van der Waals surface area contributed by atoms with Crippen LogP contribution in [0.1, 0.15) is 38.6 Å². The van der Waals surface area contributed by atoms with Crippen LogP contribution >= 0.6 is 0 Å². The van der Waals surface area contributed by atoms with Gasteiger partial charge in [0.1, 0.15) is 29.5 Å². The summed E-state index contributed by atoms with van der Waals surface area (Å²) in [4.78, 5) is 12.1. The highest BCUT2D eigenvalue weighted by Crippen LogP contribution is 2.31. The third-order valence-electron chi connectivity index (χ3n) is 5.02. The molecule has 0 radical (unpaired) electrons. The smallest absolute Gasteiger partial charge is 0.487 e. The second kappa shape index (κ2) is 11.1. The van der Waals surface area contributed by atoms with Crippen molar-refractivity contribution in [3.05, 3.63) is 59.8 Å². The first-order chi connectivity index (χ1) is 17.3. The van der Waals surface area contributed by atoms with Crippen LogP contribution in [0.25, 0.3) is 11.3 Å². The number of aromatic nitrogens is 2. The normalized spacial score (nSPS) is 11.9. The number of benzene rings is 2. The van der Waals surface area contributed by atoms with Gasteiger partial charge in [0.25, 0.3) is 0 Å². The summed E-state index contributed by atoms with van der Waals surface area (Å²) < 4.78 is 85.0. The molecule has 0 bridgehead atoms. The molecule has 0 amide bonds. The van der Waals surface area contributed by atoms with Crippen molar-refractivity contribution >= 4 is 5.97 Å². The van der Waals surface area contributed by atoms with Gasteiger partial charge in [0, 0.05) is 5.56 Å². The van der Waals surface area contributed by atoms with Crippen LogP contribution in [0.3, 0.4) is 0 Å². The molecule has 0 saturated carbocycles. The zero-order valence-electron chi connectivity index (χ0n) is 20.4. The summed E-state index contributed by atoms with van der Waals surface area (Å²) in [5, 5.41) is 3.86. The van der Waals surface area contributed by atoms with Gasteiger partial charge < -0.3 is 18.9 Å². The van der Waals surface area contributed by atoms with E-state index in [1.54, 1.807) is 45.9 Å². The lowest BCUT2D eigenvalue weighted by Gasteiger charge is -2.25. The van der Waals surface area contributed by atoms with Crippen LogP contribution in [0.2, 0.25) is 0 Å². The zero-order valence-corrected chi connectivity index (χ0v) is 20.4. The average Bonchev–Trinajstić information content (AvgIpc) is 3.23. The standard InChI is InChI=1S/C25H25F5N2O5/c1-5-34-22(33)24(3,4)37-21-11-10-19(12-15(21)2)35-14-17-13-20(32(31-17)23(26)27)16-6-8-18(9-7-16)36-25(28,29)30/h6-13,23H,5,14H2,1-4H3. The lowest BCUT2D eigenvalue weighted by atomic mass is 10.1. The molecule has 37 heavy (non-hydrogen) atoms. The van der Waals surface area contributed by atoms with Crippen molar-refractivity contribution in [3.63, 3.8) is 0 Å². The summed E-state index contributed by atoms with van der Waals surface area (Å²) in [6.07, 6.45) is -4.86. The Labute approximate surface area is 209 Å². The number of halogens is 5. The van der Waals surface area contributed by atoms with Crippen LogP contribution in [-0.4, -0.2) is 34.3 Å². The topological polar surface area (TPSA) is 71.8 Å². The Hall–Kier alpha value is -3.83. The van der Waals surface area contributed by atoms with Gasteiger partial charge in [-0.05, 0) is 81.8 Å². The fraction of sp³-hybridized carbons (Fsp3) is 0.360. The van der Waals surface area contributed by atoms with Crippen molar-refractivity contribution < 1.29 is 45.7 Å². The molecule has 0 fully saturated rings. The third-order valence-corrected chi connectivity index (χ3v) is 5.02. The van der Waals surface area contributed by atoms with E-state index in [4.69, 9.17) is 14.2 Å². The first-order valence-corrected chi connectivity index (χ1v) is 11.1. The van der Waals surface area contributed by atoms with Gasteiger partial charge in [-0.2, -0.15) is 13.9 Å². The first-order valence-electron chi connectivity index (χ1n) is 11.1. The van der Waals surface area contributed by atoms with E-state index in [0.717, 1.165) is 12.1 Å². The fourth-order valence-electron chi connectivity index (χ4n) is 3.31. The summed E-state index contributed by atoms with van der Waals surface area (Å²) in [5.41, 5.74) is -0.163. The summed E-state index contributed by atoms with van der Waals surface area (Å²) in [7, 11) is 0. The van der Waals surface area contributed by atoms with Crippen LogP contribution in [0.4, 0.5) is 22.0 Å². The summed E-state index contributed by atoms with van der Waals surface area (Å²) >= 11 is 0. The Morgan fingerprint density at radius 3 is 2.22 bits per heavy atom. The van der Waals surface area contributed by atoms with Gasteiger partial charge in [0.2, 0.25) is 0 Å². The van der Waals surface area contributed by atoms with Gasteiger partial charge in [0.15, 0.2) is 5.60 Å². The lowest BCUT2D eigenvalue weighted by Crippen LogP contribution is -2.39. The van der Waals surface area contributed by atoms with Crippen molar-refractivity contribution in [1.82, 2.24) is 9.78 Å². The molecule has 200 valence electrons. The highest BCUT2D eigenvalue weighted by atomic mass is 19.4. The van der Waals surface area contributed by atoms with E-state index in [0.29, 0.717) is 21.7 Å². The number of alkyl halides is 5. The van der Waals surface area contributed by atoms with Crippen molar-refractivity contribution in [2.45, 2.75) is 52.8 Å². The zero-order chi connectivity index (χ0) is 27.4. The minimum absolute atomic E-state index is 0.00622. The molecule has 3 rings (SSSR count). The van der Waals surface area contributed by atoms with Crippen LogP contribution in [0.15, 0.2) is 48.5 Å². The number of carbonyl (C=O) groups excluding carboxylic acids is 1. The Morgan fingerprint density at radius 1 is 1.00 bits per heavy atom.